The summed E-state index contributed by atoms with van der Waals surface area (Å²) in [5, 5.41) is 0. The lowest BCUT2D eigenvalue weighted by Crippen LogP contribution is -2.25. The van der Waals surface area contributed by atoms with Crippen LogP contribution in [0.1, 0.15) is 49.7 Å². The van der Waals surface area contributed by atoms with Crippen molar-refractivity contribution in [3.05, 3.63) is 52.8 Å². The van der Waals surface area contributed by atoms with Crippen LogP contribution in [0.25, 0.3) is 11.1 Å². The van der Waals surface area contributed by atoms with Gasteiger partial charge in [-0.1, -0.05) is 22.6 Å². The monoisotopic (exact) mass is 364 g/mol. The van der Waals surface area contributed by atoms with Crippen molar-refractivity contribution in [2.45, 2.75) is 45.8 Å². The molecule has 0 fully saturated rings. The van der Waals surface area contributed by atoms with Gasteiger partial charge in [-0.15, -0.1) is 0 Å². The minimum Gasteiger partial charge on any atom is -0.591 e. The third-order valence-electron chi connectivity index (χ3n) is 3.66. The lowest BCUT2D eigenvalue weighted by Gasteiger charge is -2.17. The molecule has 2 aromatic rings. The molecule has 0 amide bonds. The molecular formula is C19H22F2N2OS. The maximum absolute atomic E-state index is 13.3. The van der Waals surface area contributed by atoms with E-state index in [1.54, 1.807) is 26.8 Å². The van der Waals surface area contributed by atoms with Gasteiger partial charge in [-0.25, -0.2) is 13.8 Å². The predicted molar refractivity (Wildman–Crippen MR) is 99.6 cm³/mol. The lowest BCUT2D eigenvalue weighted by molar-refractivity contribution is 0.146. The minimum absolute atomic E-state index is 0.271. The highest BCUT2D eigenvalue weighted by molar-refractivity contribution is 7.91. The number of pyridine rings is 1. The van der Waals surface area contributed by atoms with Crippen LogP contribution in [0.15, 0.2) is 34.7 Å². The molecule has 6 heteroatoms. The van der Waals surface area contributed by atoms with E-state index in [0.29, 0.717) is 5.56 Å². The van der Waals surface area contributed by atoms with Crippen molar-refractivity contribution in [1.82, 2.24) is 4.98 Å². The normalized spacial score (nSPS) is 13.6. The number of nitrogens with zero attached hydrogens (tertiary/aromatic N) is 2. The topological polar surface area (TPSA) is 48.3 Å². The van der Waals surface area contributed by atoms with Crippen LogP contribution in [0.5, 0.6) is 0 Å². The molecule has 0 radical (unpaired) electrons. The van der Waals surface area contributed by atoms with E-state index in [1.165, 1.54) is 12.3 Å². The molecule has 0 saturated carbocycles. The number of rotatable bonds is 4. The molecule has 1 heterocycles. The quantitative estimate of drug-likeness (QED) is 0.554. The Morgan fingerprint density at radius 2 is 1.76 bits per heavy atom. The summed E-state index contributed by atoms with van der Waals surface area (Å²) in [6.07, 6.45) is -1.38. The van der Waals surface area contributed by atoms with Gasteiger partial charge in [0.2, 0.25) is 0 Å². The zero-order valence-electron chi connectivity index (χ0n) is 15.0. The number of hydrogen-bond acceptors (Lipinski definition) is 3. The number of alkyl halides is 2. The summed E-state index contributed by atoms with van der Waals surface area (Å²) in [6, 6.07) is 8.90. The van der Waals surface area contributed by atoms with E-state index in [9.17, 15) is 13.3 Å². The second-order valence-corrected chi connectivity index (χ2v) is 8.80. The van der Waals surface area contributed by atoms with E-state index in [2.05, 4.69) is 9.38 Å². The van der Waals surface area contributed by atoms with Gasteiger partial charge in [0.05, 0.1) is 5.69 Å². The second kappa shape index (κ2) is 7.62. The summed E-state index contributed by atoms with van der Waals surface area (Å²) < 4.78 is 42.1. The molecular weight excluding hydrogens is 342 g/mol. The minimum atomic E-state index is -2.69. The SMILES string of the molecule is Cc1cccc(C)c1-c1cc(C=N[S+]([O-])C(C)(C)C)nc(C(F)F)c1. The van der Waals surface area contributed by atoms with Gasteiger partial charge in [0.1, 0.15) is 28.0 Å². The maximum atomic E-state index is 13.3. The molecule has 0 aliphatic heterocycles. The van der Waals surface area contributed by atoms with Gasteiger partial charge in [0.15, 0.2) is 0 Å². The maximum Gasteiger partial charge on any atom is 0.280 e. The van der Waals surface area contributed by atoms with Gasteiger partial charge in [0, 0.05) is 0 Å². The van der Waals surface area contributed by atoms with E-state index < -0.39 is 22.5 Å². The zero-order valence-corrected chi connectivity index (χ0v) is 15.8. The first-order chi connectivity index (χ1) is 11.6. The van der Waals surface area contributed by atoms with Gasteiger partial charge >= 0.3 is 0 Å². The summed E-state index contributed by atoms with van der Waals surface area (Å²) in [5.41, 5.74) is 3.50. The Labute approximate surface area is 150 Å². The van der Waals surface area contributed by atoms with E-state index in [-0.39, 0.29) is 11.4 Å². The Bertz CT molecular complexity index is 765. The fourth-order valence-corrected chi connectivity index (χ4v) is 2.95. The Morgan fingerprint density at radius 3 is 2.28 bits per heavy atom. The predicted octanol–water partition coefficient (Wildman–Crippen LogP) is 5.18. The first-order valence-corrected chi connectivity index (χ1v) is 9.03. The summed E-state index contributed by atoms with van der Waals surface area (Å²) in [4.78, 5) is 3.94. The van der Waals surface area contributed by atoms with Crippen LogP contribution in [0.3, 0.4) is 0 Å². The van der Waals surface area contributed by atoms with Crippen LogP contribution >= 0.6 is 0 Å². The van der Waals surface area contributed by atoms with Crippen LogP contribution in [0, 0.1) is 13.8 Å². The Kier molecular flexibility index (Phi) is 5.95. The van der Waals surface area contributed by atoms with Crippen molar-refractivity contribution in [2.75, 3.05) is 0 Å². The van der Waals surface area contributed by atoms with Crippen molar-refractivity contribution < 1.29 is 13.3 Å². The average molecular weight is 364 g/mol. The van der Waals surface area contributed by atoms with E-state index in [1.807, 2.05) is 32.0 Å². The van der Waals surface area contributed by atoms with Crippen molar-refractivity contribution in [1.29, 1.82) is 0 Å². The third-order valence-corrected chi connectivity index (χ3v) is 5.01. The molecule has 134 valence electrons. The van der Waals surface area contributed by atoms with Crippen molar-refractivity contribution in [3.8, 4) is 11.1 Å². The van der Waals surface area contributed by atoms with Gasteiger partial charge in [0.25, 0.3) is 6.43 Å². The molecule has 0 aliphatic rings. The number of aryl methyl sites for hydroxylation is 2. The molecule has 0 N–H and O–H groups in total. The molecule has 1 atom stereocenters. The first kappa shape index (κ1) is 19.5. The standard InChI is InChI=1S/C19H22F2N2OS/c1-12-7-6-8-13(2)17(12)14-9-15(23-16(10-14)18(20)21)11-22-25(24)19(3,4)5/h6-11,18H,1-5H3. The Balaban J connectivity index is 2.53. The Hall–Kier alpha value is -1.79. The highest BCUT2D eigenvalue weighted by Gasteiger charge is 2.26. The molecule has 2 rings (SSSR count). The molecule has 0 aliphatic carbocycles. The zero-order chi connectivity index (χ0) is 18.8. The van der Waals surface area contributed by atoms with E-state index in [0.717, 1.165) is 16.7 Å². The summed E-state index contributed by atoms with van der Waals surface area (Å²) in [6.45, 7) is 9.27. The summed E-state index contributed by atoms with van der Waals surface area (Å²) >= 11 is -1.47. The van der Waals surface area contributed by atoms with E-state index >= 15 is 0 Å². The number of aromatic nitrogens is 1. The van der Waals surface area contributed by atoms with Crippen molar-refractivity contribution in [2.24, 2.45) is 4.40 Å². The highest BCUT2D eigenvalue weighted by atomic mass is 32.2. The first-order valence-electron chi connectivity index (χ1n) is 7.92. The van der Waals surface area contributed by atoms with Crippen LogP contribution in [0.4, 0.5) is 8.78 Å². The molecule has 25 heavy (non-hydrogen) atoms. The number of hydrogen-bond donors (Lipinski definition) is 0. The van der Waals surface area contributed by atoms with Gasteiger partial charge in [-0.3, -0.25) is 0 Å². The van der Waals surface area contributed by atoms with Crippen LogP contribution in [-0.2, 0) is 11.4 Å². The van der Waals surface area contributed by atoms with Gasteiger partial charge < -0.3 is 4.55 Å². The summed E-state index contributed by atoms with van der Waals surface area (Å²) in [5.74, 6) is 0. The number of benzene rings is 1. The second-order valence-electron chi connectivity index (χ2n) is 6.87. The molecule has 1 unspecified atom stereocenters. The highest BCUT2D eigenvalue weighted by Crippen LogP contribution is 2.30. The van der Waals surface area contributed by atoms with Crippen LogP contribution in [-0.4, -0.2) is 20.5 Å². The molecule has 0 saturated heterocycles. The lowest BCUT2D eigenvalue weighted by atomic mass is 9.95. The largest absolute Gasteiger partial charge is 0.591 e. The van der Waals surface area contributed by atoms with Crippen molar-refractivity contribution in [3.63, 3.8) is 0 Å². The molecule has 3 nitrogen and oxygen atoms in total. The van der Waals surface area contributed by atoms with E-state index in [4.69, 9.17) is 0 Å². The van der Waals surface area contributed by atoms with Crippen LogP contribution in [0.2, 0.25) is 0 Å². The number of halogens is 2. The molecule has 1 aromatic heterocycles. The molecule has 0 bridgehead atoms. The average Bonchev–Trinajstić information content (AvgIpc) is 2.51. The fraction of sp³-hybridized carbons (Fsp3) is 0.368. The van der Waals surface area contributed by atoms with Gasteiger partial charge in [-0.2, -0.15) is 0 Å². The Morgan fingerprint density at radius 1 is 1.16 bits per heavy atom. The van der Waals surface area contributed by atoms with Crippen molar-refractivity contribution >= 4 is 17.6 Å². The molecule has 0 spiro atoms. The fourth-order valence-electron chi connectivity index (χ4n) is 2.43. The summed E-state index contributed by atoms with van der Waals surface area (Å²) in [7, 11) is 0. The van der Waals surface area contributed by atoms with Crippen LogP contribution < -0.4 is 0 Å². The molecule has 1 aromatic carbocycles. The smallest absolute Gasteiger partial charge is 0.280 e. The van der Waals surface area contributed by atoms with Gasteiger partial charge in [-0.05, 0) is 69.0 Å². The third kappa shape index (κ3) is 4.86.